The smallest absolute Gasteiger partial charge is 0.0423 e. The third kappa shape index (κ3) is 3.99. The predicted molar refractivity (Wildman–Crippen MR) is 105 cm³/mol. The molecule has 128 valence electrons. The Kier molecular flexibility index (Phi) is 4.93. The van der Waals surface area contributed by atoms with E-state index in [-0.39, 0.29) is 0 Å². The Labute approximate surface area is 149 Å². The Morgan fingerprint density at radius 3 is 2.80 bits per heavy atom. The normalized spacial score (nSPS) is 18.8. The molecule has 0 aliphatic carbocycles. The Bertz CT molecular complexity index is 810. The third-order valence-electron chi connectivity index (χ3n) is 5.11. The molecule has 0 saturated carbocycles. The second kappa shape index (κ2) is 7.66. The number of nitrogens with one attached hydrogen (secondary N) is 1. The Hall–Kier alpha value is -2.39. The van der Waals surface area contributed by atoms with Gasteiger partial charge in [-0.1, -0.05) is 42.5 Å². The number of nitrogens with zero attached hydrogens (tertiary/aromatic N) is 2. The topological polar surface area (TPSA) is 28.2 Å². The molecule has 25 heavy (non-hydrogen) atoms. The molecule has 3 aromatic rings. The summed E-state index contributed by atoms with van der Waals surface area (Å²) in [6.45, 7) is 3.40. The molecule has 1 aromatic heterocycles. The Morgan fingerprint density at radius 2 is 1.88 bits per heavy atom. The minimum atomic E-state index is 0.541. The standard InChI is InChI=1S/C22H25N3/c1-2-6-18(7-3-1)17-25-14-5-9-20(12-15-25)24-22-10-4-8-19-16-23-13-11-21(19)22/h1-4,6-8,10-11,13,16,20,24H,5,9,12,14-15,17H2. The molecule has 3 nitrogen and oxygen atoms in total. The largest absolute Gasteiger partial charge is 0.382 e. The average molecular weight is 331 g/mol. The van der Waals surface area contributed by atoms with E-state index in [1.165, 1.54) is 47.8 Å². The van der Waals surface area contributed by atoms with Gasteiger partial charge >= 0.3 is 0 Å². The van der Waals surface area contributed by atoms with E-state index in [1.807, 2.05) is 12.4 Å². The molecular formula is C22H25N3. The van der Waals surface area contributed by atoms with Crippen LogP contribution in [-0.4, -0.2) is 29.0 Å². The summed E-state index contributed by atoms with van der Waals surface area (Å²) in [6, 6.07) is 19.9. The van der Waals surface area contributed by atoms with Crippen LogP contribution in [0.3, 0.4) is 0 Å². The van der Waals surface area contributed by atoms with Gasteiger partial charge in [-0.15, -0.1) is 0 Å². The molecule has 1 unspecified atom stereocenters. The van der Waals surface area contributed by atoms with Crippen molar-refractivity contribution >= 4 is 16.5 Å². The quantitative estimate of drug-likeness (QED) is 0.751. The van der Waals surface area contributed by atoms with Gasteiger partial charge < -0.3 is 5.32 Å². The molecule has 2 aromatic carbocycles. The highest BCUT2D eigenvalue weighted by atomic mass is 15.1. The lowest BCUT2D eigenvalue weighted by atomic mass is 10.1. The highest BCUT2D eigenvalue weighted by Gasteiger charge is 2.17. The zero-order valence-corrected chi connectivity index (χ0v) is 14.6. The first-order valence-corrected chi connectivity index (χ1v) is 9.24. The summed E-state index contributed by atoms with van der Waals surface area (Å²) >= 11 is 0. The molecule has 1 N–H and O–H groups in total. The van der Waals surface area contributed by atoms with Crippen molar-refractivity contribution in [1.29, 1.82) is 0 Å². The van der Waals surface area contributed by atoms with Crippen molar-refractivity contribution in [2.45, 2.75) is 31.8 Å². The molecule has 4 rings (SSSR count). The van der Waals surface area contributed by atoms with Crippen LogP contribution in [0, 0.1) is 0 Å². The van der Waals surface area contributed by atoms with Gasteiger partial charge in [-0.25, -0.2) is 0 Å². The van der Waals surface area contributed by atoms with Crippen molar-refractivity contribution in [3.8, 4) is 0 Å². The van der Waals surface area contributed by atoms with Gasteiger partial charge in [0.2, 0.25) is 0 Å². The van der Waals surface area contributed by atoms with E-state index in [2.05, 4.69) is 69.8 Å². The maximum absolute atomic E-state index is 4.23. The predicted octanol–water partition coefficient (Wildman–Crippen LogP) is 4.70. The summed E-state index contributed by atoms with van der Waals surface area (Å²) in [5.41, 5.74) is 2.65. The van der Waals surface area contributed by atoms with Gasteiger partial charge in [0.05, 0.1) is 0 Å². The van der Waals surface area contributed by atoms with Crippen LogP contribution in [0.4, 0.5) is 5.69 Å². The number of fused-ring (bicyclic) bond motifs is 1. The second-order valence-corrected chi connectivity index (χ2v) is 6.94. The van der Waals surface area contributed by atoms with Gasteiger partial charge in [0, 0.05) is 48.0 Å². The summed E-state index contributed by atoms with van der Waals surface area (Å²) < 4.78 is 0. The molecule has 1 atom stereocenters. The van der Waals surface area contributed by atoms with Crippen LogP contribution in [0.15, 0.2) is 67.0 Å². The molecule has 0 amide bonds. The van der Waals surface area contributed by atoms with Crippen LogP contribution in [-0.2, 0) is 6.54 Å². The number of hydrogen-bond acceptors (Lipinski definition) is 3. The summed E-state index contributed by atoms with van der Waals surface area (Å²) in [5.74, 6) is 0. The van der Waals surface area contributed by atoms with E-state index >= 15 is 0 Å². The lowest BCUT2D eigenvalue weighted by molar-refractivity contribution is 0.276. The van der Waals surface area contributed by atoms with Crippen LogP contribution in [0.5, 0.6) is 0 Å². The van der Waals surface area contributed by atoms with Crippen LogP contribution < -0.4 is 5.32 Å². The monoisotopic (exact) mass is 331 g/mol. The molecule has 0 bridgehead atoms. The first kappa shape index (κ1) is 16.1. The second-order valence-electron chi connectivity index (χ2n) is 6.94. The minimum Gasteiger partial charge on any atom is -0.382 e. The lowest BCUT2D eigenvalue weighted by Crippen LogP contribution is -2.26. The first-order valence-electron chi connectivity index (χ1n) is 9.24. The molecule has 3 heteroatoms. The number of aromatic nitrogens is 1. The molecule has 0 radical (unpaired) electrons. The number of hydrogen-bond donors (Lipinski definition) is 1. The molecule has 1 saturated heterocycles. The van der Waals surface area contributed by atoms with Crippen molar-refractivity contribution in [1.82, 2.24) is 9.88 Å². The molecule has 1 aliphatic heterocycles. The molecule has 0 spiro atoms. The maximum atomic E-state index is 4.23. The summed E-state index contributed by atoms with van der Waals surface area (Å²) in [4.78, 5) is 6.82. The van der Waals surface area contributed by atoms with Gasteiger partial charge in [0.25, 0.3) is 0 Å². The average Bonchev–Trinajstić information content (AvgIpc) is 2.88. The maximum Gasteiger partial charge on any atom is 0.0423 e. The molecule has 1 aliphatic rings. The Morgan fingerprint density at radius 1 is 0.960 bits per heavy atom. The summed E-state index contributed by atoms with van der Waals surface area (Å²) in [5, 5.41) is 6.26. The molecular weight excluding hydrogens is 306 g/mol. The fourth-order valence-corrected chi connectivity index (χ4v) is 3.77. The number of rotatable bonds is 4. The molecule has 2 heterocycles. The fraction of sp³-hybridized carbons (Fsp3) is 0.318. The highest BCUT2D eigenvalue weighted by Crippen LogP contribution is 2.25. The zero-order chi connectivity index (χ0) is 16.9. The fourth-order valence-electron chi connectivity index (χ4n) is 3.77. The van der Waals surface area contributed by atoms with E-state index in [0.717, 1.165) is 13.1 Å². The van der Waals surface area contributed by atoms with Crippen LogP contribution in [0.1, 0.15) is 24.8 Å². The minimum absolute atomic E-state index is 0.541. The van der Waals surface area contributed by atoms with E-state index < -0.39 is 0 Å². The van der Waals surface area contributed by atoms with Crippen LogP contribution >= 0.6 is 0 Å². The number of pyridine rings is 1. The lowest BCUT2D eigenvalue weighted by Gasteiger charge is -2.21. The van der Waals surface area contributed by atoms with Crippen molar-refractivity contribution in [3.63, 3.8) is 0 Å². The van der Waals surface area contributed by atoms with E-state index in [4.69, 9.17) is 0 Å². The van der Waals surface area contributed by atoms with E-state index in [9.17, 15) is 0 Å². The van der Waals surface area contributed by atoms with Crippen LogP contribution in [0.2, 0.25) is 0 Å². The van der Waals surface area contributed by atoms with E-state index in [0.29, 0.717) is 6.04 Å². The van der Waals surface area contributed by atoms with Gasteiger partial charge in [-0.3, -0.25) is 9.88 Å². The summed E-state index contributed by atoms with van der Waals surface area (Å²) in [6.07, 6.45) is 7.48. The van der Waals surface area contributed by atoms with Gasteiger partial charge in [0.15, 0.2) is 0 Å². The van der Waals surface area contributed by atoms with Crippen molar-refractivity contribution in [2.24, 2.45) is 0 Å². The summed E-state index contributed by atoms with van der Waals surface area (Å²) in [7, 11) is 0. The highest BCUT2D eigenvalue weighted by molar-refractivity contribution is 5.93. The van der Waals surface area contributed by atoms with Crippen molar-refractivity contribution < 1.29 is 0 Å². The van der Waals surface area contributed by atoms with Crippen molar-refractivity contribution in [3.05, 3.63) is 72.6 Å². The van der Waals surface area contributed by atoms with Crippen molar-refractivity contribution in [2.75, 3.05) is 18.4 Å². The number of likely N-dealkylation sites (tertiary alicyclic amines) is 1. The first-order chi connectivity index (χ1) is 12.4. The third-order valence-corrected chi connectivity index (χ3v) is 5.11. The van der Waals surface area contributed by atoms with E-state index in [1.54, 1.807) is 0 Å². The van der Waals surface area contributed by atoms with Gasteiger partial charge in [-0.2, -0.15) is 0 Å². The SMILES string of the molecule is c1ccc(CN2CCCC(Nc3cccc4cnccc34)CC2)cc1. The Balaban J connectivity index is 1.41. The number of anilines is 1. The number of benzene rings is 2. The zero-order valence-electron chi connectivity index (χ0n) is 14.6. The van der Waals surface area contributed by atoms with Crippen LogP contribution in [0.25, 0.3) is 10.8 Å². The van der Waals surface area contributed by atoms with Gasteiger partial charge in [-0.05, 0) is 43.5 Å². The molecule has 1 fully saturated rings. The van der Waals surface area contributed by atoms with Gasteiger partial charge in [0.1, 0.15) is 0 Å².